The van der Waals surface area contributed by atoms with Gasteiger partial charge in [0.25, 0.3) is 0 Å². The average Bonchev–Trinajstić information content (AvgIpc) is 3.11. The largest absolute Gasteiger partial charge is 0.472 e. The maximum atomic E-state index is 12.5. The van der Waals surface area contributed by atoms with Gasteiger partial charge in [0.05, 0.1) is 13.2 Å². The van der Waals surface area contributed by atoms with E-state index < -0.39 is 32.5 Å². The molecular formula is C41H60NO8P. The second-order valence-corrected chi connectivity index (χ2v) is 12.3. The Balaban J connectivity index is 4.52. The zero-order valence-corrected chi connectivity index (χ0v) is 31.4. The minimum atomic E-state index is -4.41. The number of hydrogen-bond donors (Lipinski definition) is 2. The van der Waals surface area contributed by atoms with Crippen molar-refractivity contribution in [3.8, 4) is 0 Å². The van der Waals surface area contributed by atoms with Gasteiger partial charge >= 0.3 is 19.8 Å². The highest BCUT2D eigenvalue weighted by Gasteiger charge is 2.25. The van der Waals surface area contributed by atoms with E-state index in [0.29, 0.717) is 19.3 Å². The number of carbonyl (C=O) groups excluding carboxylic acids is 2. The van der Waals surface area contributed by atoms with Gasteiger partial charge in [0.2, 0.25) is 0 Å². The van der Waals surface area contributed by atoms with Crippen molar-refractivity contribution in [2.45, 2.75) is 84.2 Å². The highest BCUT2D eigenvalue weighted by atomic mass is 31.2. The van der Waals surface area contributed by atoms with E-state index in [1.54, 1.807) is 0 Å². The first-order chi connectivity index (χ1) is 24.8. The number of ether oxygens (including phenoxy) is 2. The number of hydrogen-bond acceptors (Lipinski definition) is 8. The molecule has 2 unspecified atom stereocenters. The van der Waals surface area contributed by atoms with Gasteiger partial charge in [-0.1, -0.05) is 154 Å². The lowest BCUT2D eigenvalue weighted by atomic mass is 10.1. The summed E-state index contributed by atoms with van der Waals surface area (Å²) in [5.74, 6) is -0.988. The fourth-order valence-corrected chi connectivity index (χ4v) is 4.52. The van der Waals surface area contributed by atoms with E-state index in [1.807, 2.05) is 115 Å². The van der Waals surface area contributed by atoms with Crippen molar-refractivity contribution in [3.63, 3.8) is 0 Å². The van der Waals surface area contributed by atoms with Gasteiger partial charge in [0.1, 0.15) is 6.61 Å². The second kappa shape index (κ2) is 36.0. The van der Waals surface area contributed by atoms with Crippen molar-refractivity contribution < 1.29 is 37.6 Å². The normalized spacial score (nSPS) is 15.0. The van der Waals surface area contributed by atoms with Gasteiger partial charge in [-0.2, -0.15) is 0 Å². The highest BCUT2D eigenvalue weighted by molar-refractivity contribution is 7.47. The van der Waals surface area contributed by atoms with Gasteiger partial charge in [0, 0.05) is 19.4 Å². The Morgan fingerprint density at radius 1 is 0.588 bits per heavy atom. The molecule has 282 valence electrons. The van der Waals surface area contributed by atoms with E-state index in [9.17, 15) is 19.0 Å². The van der Waals surface area contributed by atoms with Crippen LogP contribution in [0, 0.1) is 0 Å². The van der Waals surface area contributed by atoms with Gasteiger partial charge in [-0.25, -0.2) is 4.57 Å². The van der Waals surface area contributed by atoms with Crippen LogP contribution in [-0.2, 0) is 32.7 Å². The van der Waals surface area contributed by atoms with Crippen molar-refractivity contribution >= 4 is 19.8 Å². The van der Waals surface area contributed by atoms with Crippen LogP contribution in [-0.4, -0.2) is 49.3 Å². The van der Waals surface area contributed by atoms with Crippen LogP contribution in [0.4, 0.5) is 0 Å². The zero-order chi connectivity index (χ0) is 37.5. The molecule has 0 amide bonds. The maximum Gasteiger partial charge on any atom is 0.472 e. The van der Waals surface area contributed by atoms with Crippen LogP contribution in [0.2, 0.25) is 0 Å². The van der Waals surface area contributed by atoms with E-state index in [4.69, 9.17) is 24.3 Å². The van der Waals surface area contributed by atoms with Crippen molar-refractivity contribution in [1.82, 2.24) is 0 Å². The number of allylic oxidation sites excluding steroid dienone is 22. The Labute approximate surface area is 306 Å². The molecule has 0 radical (unpaired) electrons. The molecule has 0 aromatic carbocycles. The van der Waals surface area contributed by atoms with Crippen molar-refractivity contribution in [2.75, 3.05) is 26.4 Å². The number of carbonyl (C=O) groups is 2. The van der Waals surface area contributed by atoms with Crippen molar-refractivity contribution in [2.24, 2.45) is 5.73 Å². The molecule has 0 aliphatic heterocycles. The fourth-order valence-electron chi connectivity index (χ4n) is 3.75. The summed E-state index contributed by atoms with van der Waals surface area (Å²) in [5, 5.41) is 0. The molecule has 0 aromatic rings. The van der Waals surface area contributed by atoms with Crippen LogP contribution in [0.25, 0.3) is 0 Å². The SMILES string of the molecule is CC/C=C/C=C/C=C/C=C/C=C/C=C/CCCCCC(=O)OCC(COP(=O)(O)OCCN)OC(=O)CCC/C=C/C=C/C=C/C=C/C=C/CC. The van der Waals surface area contributed by atoms with Crippen LogP contribution in [0.5, 0.6) is 0 Å². The monoisotopic (exact) mass is 725 g/mol. The first kappa shape index (κ1) is 47.1. The first-order valence-electron chi connectivity index (χ1n) is 17.8. The average molecular weight is 726 g/mol. The van der Waals surface area contributed by atoms with Crippen LogP contribution < -0.4 is 5.73 Å². The molecule has 0 spiro atoms. The second-order valence-electron chi connectivity index (χ2n) is 10.9. The van der Waals surface area contributed by atoms with Gasteiger partial charge in [-0.15, -0.1) is 0 Å². The van der Waals surface area contributed by atoms with E-state index in [1.165, 1.54) is 0 Å². The Morgan fingerprint density at radius 3 is 1.53 bits per heavy atom. The number of rotatable bonds is 30. The molecule has 9 nitrogen and oxygen atoms in total. The molecule has 0 bridgehead atoms. The molecule has 10 heteroatoms. The predicted octanol–water partition coefficient (Wildman–Crippen LogP) is 9.59. The lowest BCUT2D eigenvalue weighted by Gasteiger charge is -2.19. The molecule has 51 heavy (non-hydrogen) atoms. The predicted molar refractivity (Wildman–Crippen MR) is 210 cm³/mol. The number of unbranched alkanes of at least 4 members (excludes halogenated alkanes) is 4. The fraction of sp³-hybridized carbons (Fsp3) is 0.415. The molecule has 0 aromatic heterocycles. The summed E-state index contributed by atoms with van der Waals surface area (Å²) in [4.78, 5) is 34.6. The molecule has 2 atom stereocenters. The Morgan fingerprint density at radius 2 is 1.04 bits per heavy atom. The molecule has 3 N–H and O–H groups in total. The third-order valence-corrected chi connectivity index (χ3v) is 7.31. The van der Waals surface area contributed by atoms with Crippen LogP contribution in [0.15, 0.2) is 134 Å². The standard InChI is InChI=1S/C41H60NO8P/c1-3-5-7-9-11-13-15-17-18-19-20-22-23-25-27-29-31-33-40(43)47-37-39(38-49-51(45,46)48-36-35-42)50-41(44)34-32-30-28-26-24-21-16-14-12-10-8-6-4-2/h5-24,26,28,39H,3-4,25,27,29-38,42H2,1-2H3,(H,45,46)/b7-5+,8-6+,11-9+,12-10+,15-13+,16-14+,18-17+,20-19+,23-22+,24-21+,28-26+. The Bertz CT molecular complexity index is 1280. The molecule has 0 saturated heterocycles. The van der Waals surface area contributed by atoms with E-state index >= 15 is 0 Å². The lowest BCUT2D eigenvalue weighted by molar-refractivity contribution is -0.161. The third kappa shape index (κ3) is 35.8. The van der Waals surface area contributed by atoms with E-state index in [2.05, 4.69) is 32.1 Å². The number of esters is 2. The molecule has 0 heterocycles. The number of phosphoric ester groups is 1. The zero-order valence-electron chi connectivity index (χ0n) is 30.5. The molecule has 0 aliphatic rings. The van der Waals surface area contributed by atoms with Gasteiger partial charge < -0.3 is 20.1 Å². The van der Waals surface area contributed by atoms with Gasteiger partial charge in [-0.3, -0.25) is 18.6 Å². The summed E-state index contributed by atoms with van der Waals surface area (Å²) < 4.78 is 32.5. The summed E-state index contributed by atoms with van der Waals surface area (Å²) >= 11 is 0. The van der Waals surface area contributed by atoms with Crippen molar-refractivity contribution in [3.05, 3.63) is 134 Å². The van der Waals surface area contributed by atoms with Crippen molar-refractivity contribution in [1.29, 1.82) is 0 Å². The summed E-state index contributed by atoms with van der Waals surface area (Å²) in [5.41, 5.74) is 5.31. The number of nitrogens with two attached hydrogens (primary N) is 1. The minimum Gasteiger partial charge on any atom is -0.462 e. The van der Waals surface area contributed by atoms with Gasteiger partial charge in [0.15, 0.2) is 6.10 Å². The summed E-state index contributed by atoms with van der Waals surface area (Å²) in [6.07, 6.45) is 49.2. The highest BCUT2D eigenvalue weighted by Crippen LogP contribution is 2.43. The van der Waals surface area contributed by atoms with Gasteiger partial charge in [-0.05, 0) is 44.9 Å². The summed E-state index contributed by atoms with van der Waals surface area (Å²) in [6, 6.07) is 0. The maximum absolute atomic E-state index is 12.5. The lowest BCUT2D eigenvalue weighted by Crippen LogP contribution is -2.29. The van der Waals surface area contributed by atoms with E-state index in [0.717, 1.165) is 32.1 Å². The minimum absolute atomic E-state index is 0.0262. The quantitative estimate of drug-likeness (QED) is 0.0321. The Kier molecular flexibility index (Phi) is 33.2. The first-order valence-corrected chi connectivity index (χ1v) is 19.3. The summed E-state index contributed by atoms with van der Waals surface area (Å²) in [6.45, 7) is 3.23. The molecule has 0 aliphatic carbocycles. The molecule has 0 saturated carbocycles. The van der Waals surface area contributed by atoms with Crippen LogP contribution >= 0.6 is 7.82 Å². The molecule has 0 rings (SSSR count). The topological polar surface area (TPSA) is 134 Å². The molecular weight excluding hydrogens is 665 g/mol. The Hall–Kier alpha value is -3.85. The third-order valence-electron chi connectivity index (χ3n) is 6.32. The summed E-state index contributed by atoms with van der Waals surface area (Å²) in [7, 11) is -4.41. The van der Waals surface area contributed by atoms with Crippen LogP contribution in [0.1, 0.15) is 78.1 Å². The smallest absolute Gasteiger partial charge is 0.462 e. The van der Waals surface area contributed by atoms with Crippen LogP contribution in [0.3, 0.4) is 0 Å². The number of phosphoric acid groups is 1. The molecule has 0 fully saturated rings. The van der Waals surface area contributed by atoms with E-state index in [-0.39, 0.29) is 32.6 Å².